The van der Waals surface area contributed by atoms with Crippen LogP contribution in [0.15, 0.2) is 30.3 Å². The summed E-state index contributed by atoms with van der Waals surface area (Å²) in [6.07, 6.45) is 2.30. The standard InChI is InChI=1S/C14H21N3O/c1-14(16,11-5-3-2-4-6-11)13(18)17-12(9-15)10-7-8-10/h2-6,10,12H,7-9,15-16H2,1H3,(H,17,18). The smallest absolute Gasteiger partial charge is 0.244 e. The van der Waals surface area contributed by atoms with Crippen LogP contribution in [0.4, 0.5) is 0 Å². The van der Waals surface area contributed by atoms with E-state index in [4.69, 9.17) is 11.5 Å². The number of benzene rings is 1. The van der Waals surface area contributed by atoms with Crippen LogP contribution in [0.1, 0.15) is 25.3 Å². The first-order chi connectivity index (χ1) is 8.55. The van der Waals surface area contributed by atoms with E-state index in [1.807, 2.05) is 30.3 Å². The second-order valence-corrected chi connectivity index (χ2v) is 5.22. The van der Waals surface area contributed by atoms with Crippen molar-refractivity contribution in [1.29, 1.82) is 0 Å². The van der Waals surface area contributed by atoms with Gasteiger partial charge >= 0.3 is 0 Å². The van der Waals surface area contributed by atoms with E-state index in [0.717, 1.165) is 18.4 Å². The summed E-state index contributed by atoms with van der Waals surface area (Å²) in [5.74, 6) is 0.376. The minimum atomic E-state index is -1.01. The Hall–Kier alpha value is -1.39. The molecule has 98 valence electrons. The summed E-state index contributed by atoms with van der Waals surface area (Å²) in [4.78, 5) is 12.3. The molecule has 4 heteroatoms. The van der Waals surface area contributed by atoms with Crippen molar-refractivity contribution in [2.45, 2.75) is 31.3 Å². The number of nitrogens with two attached hydrogens (primary N) is 2. The molecule has 0 heterocycles. The van der Waals surface area contributed by atoms with Crippen molar-refractivity contribution in [3.8, 4) is 0 Å². The Labute approximate surface area is 108 Å². The van der Waals surface area contributed by atoms with Gasteiger partial charge in [0.1, 0.15) is 5.54 Å². The fraction of sp³-hybridized carbons (Fsp3) is 0.500. The zero-order valence-electron chi connectivity index (χ0n) is 10.7. The van der Waals surface area contributed by atoms with Gasteiger partial charge in [-0.1, -0.05) is 30.3 Å². The van der Waals surface area contributed by atoms with Crippen molar-refractivity contribution in [3.05, 3.63) is 35.9 Å². The first-order valence-electron chi connectivity index (χ1n) is 6.41. The minimum Gasteiger partial charge on any atom is -0.350 e. The number of carbonyl (C=O) groups is 1. The Morgan fingerprint density at radius 3 is 2.56 bits per heavy atom. The molecule has 0 aromatic heterocycles. The normalized spacial score (nSPS) is 19.9. The first kappa shape index (κ1) is 13.1. The van der Waals surface area contributed by atoms with Crippen LogP contribution in [0.25, 0.3) is 0 Å². The third kappa shape index (κ3) is 2.71. The van der Waals surface area contributed by atoms with Crippen molar-refractivity contribution in [1.82, 2.24) is 5.32 Å². The van der Waals surface area contributed by atoms with Crippen LogP contribution >= 0.6 is 0 Å². The van der Waals surface area contributed by atoms with Crippen LogP contribution < -0.4 is 16.8 Å². The molecule has 1 aromatic carbocycles. The van der Waals surface area contributed by atoms with Crippen LogP contribution in [-0.4, -0.2) is 18.5 Å². The Kier molecular flexibility index (Phi) is 3.68. The molecule has 1 amide bonds. The Morgan fingerprint density at radius 1 is 1.44 bits per heavy atom. The molecule has 0 radical (unpaired) electrons. The zero-order chi connectivity index (χ0) is 13.2. The maximum atomic E-state index is 12.3. The van der Waals surface area contributed by atoms with Gasteiger partial charge in [0.25, 0.3) is 0 Å². The highest BCUT2D eigenvalue weighted by Gasteiger charge is 2.36. The van der Waals surface area contributed by atoms with Gasteiger partial charge in [0, 0.05) is 12.6 Å². The molecule has 4 nitrogen and oxygen atoms in total. The second-order valence-electron chi connectivity index (χ2n) is 5.22. The Balaban J connectivity index is 2.07. The van der Waals surface area contributed by atoms with E-state index in [2.05, 4.69) is 5.32 Å². The molecule has 2 atom stereocenters. The topological polar surface area (TPSA) is 81.1 Å². The van der Waals surface area contributed by atoms with Crippen LogP contribution in [0.3, 0.4) is 0 Å². The molecular weight excluding hydrogens is 226 g/mol. The molecule has 2 unspecified atom stereocenters. The molecule has 0 bridgehead atoms. The van der Waals surface area contributed by atoms with E-state index in [0.29, 0.717) is 12.5 Å². The summed E-state index contributed by atoms with van der Waals surface area (Å²) >= 11 is 0. The van der Waals surface area contributed by atoms with E-state index in [9.17, 15) is 4.79 Å². The average molecular weight is 247 g/mol. The van der Waals surface area contributed by atoms with E-state index in [1.165, 1.54) is 0 Å². The largest absolute Gasteiger partial charge is 0.350 e. The summed E-state index contributed by atoms with van der Waals surface area (Å²) < 4.78 is 0. The molecule has 18 heavy (non-hydrogen) atoms. The van der Waals surface area contributed by atoms with Crippen LogP contribution in [0.2, 0.25) is 0 Å². The molecule has 1 saturated carbocycles. The molecule has 5 N–H and O–H groups in total. The van der Waals surface area contributed by atoms with Crippen molar-refractivity contribution in [3.63, 3.8) is 0 Å². The lowest BCUT2D eigenvalue weighted by Gasteiger charge is -2.27. The van der Waals surface area contributed by atoms with E-state index < -0.39 is 5.54 Å². The molecule has 1 aliphatic rings. The number of rotatable bonds is 5. The lowest BCUT2D eigenvalue weighted by atomic mass is 9.92. The fourth-order valence-corrected chi connectivity index (χ4v) is 2.10. The highest BCUT2D eigenvalue weighted by Crippen LogP contribution is 2.32. The second kappa shape index (κ2) is 5.08. The predicted octanol–water partition coefficient (Wildman–Crippen LogP) is 0.714. The number of carbonyl (C=O) groups excluding carboxylic acids is 1. The predicted molar refractivity (Wildman–Crippen MR) is 71.7 cm³/mol. The summed E-state index contributed by atoms with van der Waals surface area (Å²) in [5.41, 5.74) is 11.6. The number of amides is 1. The number of hydrogen-bond donors (Lipinski definition) is 3. The van der Waals surface area contributed by atoms with Gasteiger partial charge in [-0.05, 0) is 31.2 Å². The summed E-state index contributed by atoms with van der Waals surface area (Å²) in [7, 11) is 0. The molecular formula is C14H21N3O. The molecule has 1 fully saturated rings. The molecule has 0 aliphatic heterocycles. The Bertz CT molecular complexity index is 412. The first-order valence-corrected chi connectivity index (χ1v) is 6.41. The Morgan fingerprint density at radius 2 is 2.06 bits per heavy atom. The molecule has 1 aromatic rings. The van der Waals surface area contributed by atoms with Crippen molar-refractivity contribution in [2.75, 3.05) is 6.54 Å². The van der Waals surface area contributed by atoms with Crippen LogP contribution in [-0.2, 0) is 10.3 Å². The molecule has 1 aliphatic carbocycles. The third-order valence-electron chi connectivity index (χ3n) is 3.61. The van der Waals surface area contributed by atoms with Gasteiger partial charge in [-0.2, -0.15) is 0 Å². The van der Waals surface area contributed by atoms with Crippen molar-refractivity contribution in [2.24, 2.45) is 17.4 Å². The number of nitrogens with one attached hydrogen (secondary N) is 1. The summed E-state index contributed by atoms with van der Waals surface area (Å²) in [6.45, 7) is 2.21. The maximum Gasteiger partial charge on any atom is 0.244 e. The van der Waals surface area contributed by atoms with Gasteiger partial charge in [0.05, 0.1) is 0 Å². The quantitative estimate of drug-likeness (QED) is 0.717. The van der Waals surface area contributed by atoms with Crippen LogP contribution in [0.5, 0.6) is 0 Å². The summed E-state index contributed by atoms with van der Waals surface area (Å²) in [6, 6.07) is 9.47. The van der Waals surface area contributed by atoms with Crippen molar-refractivity contribution >= 4 is 5.91 Å². The minimum absolute atomic E-state index is 0.0593. The van der Waals surface area contributed by atoms with Gasteiger partial charge in [-0.15, -0.1) is 0 Å². The van der Waals surface area contributed by atoms with Gasteiger partial charge in [0.2, 0.25) is 5.91 Å². The van der Waals surface area contributed by atoms with Crippen LogP contribution in [0, 0.1) is 5.92 Å². The molecule has 0 saturated heterocycles. The molecule has 2 rings (SSSR count). The van der Waals surface area contributed by atoms with Gasteiger partial charge in [-0.3, -0.25) is 4.79 Å². The SMILES string of the molecule is CC(N)(C(=O)NC(CN)C1CC1)c1ccccc1. The highest BCUT2D eigenvalue weighted by atomic mass is 16.2. The van der Waals surface area contributed by atoms with E-state index in [1.54, 1.807) is 6.92 Å². The van der Waals surface area contributed by atoms with Gasteiger partial charge in [0.15, 0.2) is 0 Å². The maximum absolute atomic E-state index is 12.3. The lowest BCUT2D eigenvalue weighted by Crippen LogP contribution is -2.54. The average Bonchev–Trinajstić information content (AvgIpc) is 3.21. The fourth-order valence-electron chi connectivity index (χ4n) is 2.10. The van der Waals surface area contributed by atoms with Gasteiger partial charge < -0.3 is 16.8 Å². The highest BCUT2D eigenvalue weighted by molar-refractivity contribution is 5.87. The van der Waals surface area contributed by atoms with E-state index >= 15 is 0 Å². The number of hydrogen-bond acceptors (Lipinski definition) is 3. The third-order valence-corrected chi connectivity index (χ3v) is 3.61. The van der Waals surface area contributed by atoms with Crippen molar-refractivity contribution < 1.29 is 4.79 Å². The monoisotopic (exact) mass is 247 g/mol. The zero-order valence-corrected chi connectivity index (χ0v) is 10.7. The molecule has 0 spiro atoms. The summed E-state index contributed by atoms with van der Waals surface area (Å²) in [5, 5.41) is 2.98. The lowest BCUT2D eigenvalue weighted by molar-refractivity contribution is -0.126. The van der Waals surface area contributed by atoms with Gasteiger partial charge in [-0.25, -0.2) is 0 Å². The van der Waals surface area contributed by atoms with E-state index in [-0.39, 0.29) is 11.9 Å².